The van der Waals surface area contributed by atoms with E-state index in [4.69, 9.17) is 0 Å². The zero-order valence-corrected chi connectivity index (χ0v) is 16.3. The molecule has 0 radical (unpaired) electrons. The van der Waals surface area contributed by atoms with Crippen molar-refractivity contribution in [3.05, 3.63) is 29.6 Å². The lowest BCUT2D eigenvalue weighted by atomic mass is 10.0. The van der Waals surface area contributed by atoms with E-state index in [0.717, 1.165) is 55.6 Å². The van der Waals surface area contributed by atoms with Crippen LogP contribution in [0.25, 0.3) is 5.82 Å². The molecule has 7 heteroatoms. The van der Waals surface area contributed by atoms with Gasteiger partial charge in [0.15, 0.2) is 11.6 Å². The van der Waals surface area contributed by atoms with Gasteiger partial charge in [-0.05, 0) is 50.8 Å². The summed E-state index contributed by atoms with van der Waals surface area (Å²) in [4.78, 5) is 16.7. The molecule has 2 fully saturated rings. The highest BCUT2D eigenvalue weighted by molar-refractivity contribution is 5.76. The second kappa shape index (κ2) is 7.66. The standard InChI is InChI=1S/C20H28N6O/c1-15-13-16(2)26(23-15)19-8-7-18(21-22-19)24-9-11-25(12-10-24)20(27)14-17-5-3-4-6-17/h7-8,13,17H,3-6,9-12,14H2,1-2H3. The lowest BCUT2D eigenvalue weighted by molar-refractivity contribution is -0.132. The maximum atomic E-state index is 12.5. The molecule has 2 aromatic rings. The summed E-state index contributed by atoms with van der Waals surface area (Å²) in [6.45, 7) is 7.14. The maximum Gasteiger partial charge on any atom is 0.222 e. The second-order valence-corrected chi connectivity index (χ2v) is 7.81. The van der Waals surface area contributed by atoms with Crippen LogP contribution in [0.3, 0.4) is 0 Å². The summed E-state index contributed by atoms with van der Waals surface area (Å²) >= 11 is 0. The van der Waals surface area contributed by atoms with Gasteiger partial charge in [0, 0.05) is 38.3 Å². The summed E-state index contributed by atoms with van der Waals surface area (Å²) in [6, 6.07) is 5.98. The van der Waals surface area contributed by atoms with Crippen molar-refractivity contribution in [3.8, 4) is 5.82 Å². The van der Waals surface area contributed by atoms with E-state index in [2.05, 4.69) is 20.2 Å². The van der Waals surface area contributed by atoms with Crippen LogP contribution in [0.4, 0.5) is 5.82 Å². The smallest absolute Gasteiger partial charge is 0.222 e. The van der Waals surface area contributed by atoms with Crippen LogP contribution in [0.1, 0.15) is 43.5 Å². The molecule has 1 aliphatic heterocycles. The number of carbonyl (C=O) groups excluding carboxylic acids is 1. The van der Waals surface area contributed by atoms with Gasteiger partial charge in [-0.1, -0.05) is 12.8 Å². The largest absolute Gasteiger partial charge is 0.352 e. The highest BCUT2D eigenvalue weighted by atomic mass is 16.2. The first kappa shape index (κ1) is 17.9. The minimum atomic E-state index is 0.326. The lowest BCUT2D eigenvalue weighted by Gasteiger charge is -2.35. The van der Waals surface area contributed by atoms with Gasteiger partial charge < -0.3 is 9.80 Å². The van der Waals surface area contributed by atoms with Crippen molar-refractivity contribution < 1.29 is 4.79 Å². The van der Waals surface area contributed by atoms with Gasteiger partial charge >= 0.3 is 0 Å². The van der Waals surface area contributed by atoms with Crippen LogP contribution >= 0.6 is 0 Å². The molecule has 3 heterocycles. The summed E-state index contributed by atoms with van der Waals surface area (Å²) in [5.41, 5.74) is 2.01. The Labute approximate surface area is 160 Å². The Bertz CT molecular complexity index is 785. The Balaban J connectivity index is 1.34. The first-order valence-electron chi connectivity index (χ1n) is 10.0. The topological polar surface area (TPSA) is 67.2 Å². The molecule has 2 aromatic heterocycles. The number of carbonyl (C=O) groups is 1. The third-order valence-corrected chi connectivity index (χ3v) is 5.76. The Morgan fingerprint density at radius 2 is 1.70 bits per heavy atom. The number of anilines is 1. The van der Waals surface area contributed by atoms with E-state index in [0.29, 0.717) is 11.8 Å². The summed E-state index contributed by atoms with van der Waals surface area (Å²) in [5, 5.41) is 13.2. The van der Waals surface area contributed by atoms with E-state index in [-0.39, 0.29) is 0 Å². The van der Waals surface area contributed by atoms with Crippen LogP contribution in [0, 0.1) is 19.8 Å². The van der Waals surface area contributed by atoms with E-state index < -0.39 is 0 Å². The predicted octanol–water partition coefficient (Wildman–Crippen LogP) is 2.51. The van der Waals surface area contributed by atoms with Crippen LogP contribution in [-0.4, -0.2) is 57.0 Å². The predicted molar refractivity (Wildman–Crippen MR) is 104 cm³/mol. The van der Waals surface area contributed by atoms with Crippen LogP contribution in [-0.2, 0) is 4.79 Å². The highest BCUT2D eigenvalue weighted by Crippen LogP contribution is 2.28. The first-order chi connectivity index (χ1) is 13.1. The zero-order valence-electron chi connectivity index (χ0n) is 16.3. The molecule has 144 valence electrons. The van der Waals surface area contributed by atoms with Crippen LogP contribution in [0.5, 0.6) is 0 Å². The van der Waals surface area contributed by atoms with E-state index in [1.165, 1.54) is 25.7 Å². The summed E-state index contributed by atoms with van der Waals surface area (Å²) in [6.07, 6.45) is 5.76. The molecule has 0 aromatic carbocycles. The number of hydrogen-bond donors (Lipinski definition) is 0. The molecule has 0 spiro atoms. The molecule has 1 saturated carbocycles. The molecule has 2 aliphatic rings. The quantitative estimate of drug-likeness (QED) is 0.829. The molecular formula is C20H28N6O. The molecular weight excluding hydrogens is 340 g/mol. The molecule has 4 rings (SSSR count). The normalized spacial score (nSPS) is 18.3. The van der Waals surface area contributed by atoms with Crippen molar-refractivity contribution in [1.82, 2.24) is 24.9 Å². The molecule has 0 N–H and O–H groups in total. The molecule has 1 saturated heterocycles. The van der Waals surface area contributed by atoms with Gasteiger partial charge in [0.05, 0.1) is 5.69 Å². The zero-order chi connectivity index (χ0) is 18.8. The van der Waals surface area contributed by atoms with Crippen molar-refractivity contribution in [1.29, 1.82) is 0 Å². The number of amides is 1. The van der Waals surface area contributed by atoms with Gasteiger partial charge in [0.25, 0.3) is 0 Å². The maximum absolute atomic E-state index is 12.5. The fraction of sp³-hybridized carbons (Fsp3) is 0.600. The van der Waals surface area contributed by atoms with Gasteiger partial charge in [-0.3, -0.25) is 4.79 Å². The fourth-order valence-corrected chi connectivity index (χ4v) is 4.24. The van der Waals surface area contributed by atoms with E-state index in [9.17, 15) is 4.79 Å². The molecule has 1 aliphatic carbocycles. The monoisotopic (exact) mass is 368 g/mol. The van der Waals surface area contributed by atoms with Gasteiger partial charge in [0.2, 0.25) is 5.91 Å². The molecule has 0 bridgehead atoms. The lowest BCUT2D eigenvalue weighted by Crippen LogP contribution is -2.49. The minimum absolute atomic E-state index is 0.326. The summed E-state index contributed by atoms with van der Waals surface area (Å²) in [7, 11) is 0. The van der Waals surface area contributed by atoms with Gasteiger partial charge in [-0.25, -0.2) is 4.68 Å². The van der Waals surface area contributed by atoms with E-state index >= 15 is 0 Å². The Morgan fingerprint density at radius 3 is 2.30 bits per heavy atom. The fourth-order valence-electron chi connectivity index (χ4n) is 4.24. The van der Waals surface area contributed by atoms with Crippen LogP contribution in [0.15, 0.2) is 18.2 Å². The number of piperazine rings is 1. The Hall–Kier alpha value is -2.44. The first-order valence-corrected chi connectivity index (χ1v) is 10.0. The van der Waals surface area contributed by atoms with Crippen molar-refractivity contribution in [3.63, 3.8) is 0 Å². The number of aryl methyl sites for hydroxylation is 2. The number of hydrogen-bond acceptors (Lipinski definition) is 5. The molecule has 7 nitrogen and oxygen atoms in total. The van der Waals surface area contributed by atoms with E-state index in [1.807, 2.05) is 41.6 Å². The number of nitrogens with zero attached hydrogens (tertiary/aromatic N) is 6. The SMILES string of the molecule is Cc1cc(C)n(-c2ccc(N3CCN(C(=O)CC4CCCC4)CC3)nn2)n1. The highest BCUT2D eigenvalue weighted by Gasteiger charge is 2.25. The van der Waals surface area contributed by atoms with Crippen LogP contribution < -0.4 is 4.90 Å². The van der Waals surface area contributed by atoms with Gasteiger partial charge in [-0.2, -0.15) is 5.10 Å². The average molecular weight is 368 g/mol. The third-order valence-electron chi connectivity index (χ3n) is 5.76. The summed E-state index contributed by atoms with van der Waals surface area (Å²) < 4.78 is 1.81. The minimum Gasteiger partial charge on any atom is -0.352 e. The molecule has 27 heavy (non-hydrogen) atoms. The number of aromatic nitrogens is 4. The molecule has 0 unspecified atom stereocenters. The van der Waals surface area contributed by atoms with Crippen molar-refractivity contribution in [2.45, 2.75) is 46.0 Å². The van der Waals surface area contributed by atoms with Crippen molar-refractivity contribution in [2.75, 3.05) is 31.1 Å². The average Bonchev–Trinajstić information content (AvgIpc) is 3.31. The summed E-state index contributed by atoms with van der Waals surface area (Å²) in [5.74, 6) is 2.54. The molecule has 1 amide bonds. The third kappa shape index (κ3) is 3.96. The Morgan fingerprint density at radius 1 is 1.04 bits per heavy atom. The van der Waals surface area contributed by atoms with Crippen LogP contribution in [0.2, 0.25) is 0 Å². The molecule has 0 atom stereocenters. The second-order valence-electron chi connectivity index (χ2n) is 7.81. The Kier molecular flexibility index (Phi) is 5.09. The van der Waals surface area contributed by atoms with Crippen molar-refractivity contribution in [2.24, 2.45) is 5.92 Å². The van der Waals surface area contributed by atoms with Crippen molar-refractivity contribution >= 4 is 11.7 Å². The van der Waals surface area contributed by atoms with Gasteiger partial charge in [0.1, 0.15) is 0 Å². The van der Waals surface area contributed by atoms with E-state index in [1.54, 1.807) is 0 Å². The van der Waals surface area contributed by atoms with Gasteiger partial charge in [-0.15, -0.1) is 10.2 Å². The number of rotatable bonds is 4.